The average Bonchev–Trinajstić information content (AvgIpc) is 2.33. The maximum atomic E-state index is 13.7. The molecule has 2 unspecified atom stereocenters. The molecule has 0 saturated heterocycles. The van der Waals surface area contributed by atoms with Crippen LogP contribution in [0.25, 0.3) is 0 Å². The highest BCUT2D eigenvalue weighted by Crippen LogP contribution is 2.49. The van der Waals surface area contributed by atoms with E-state index in [4.69, 9.17) is 0 Å². The van der Waals surface area contributed by atoms with Crippen molar-refractivity contribution in [3.8, 4) is 0 Å². The van der Waals surface area contributed by atoms with Crippen LogP contribution in [0, 0.1) is 0 Å². The summed E-state index contributed by atoms with van der Waals surface area (Å²) in [6, 6.07) is 0. The van der Waals surface area contributed by atoms with Crippen LogP contribution in [0.3, 0.4) is 0 Å². The monoisotopic (exact) mass is 356 g/mol. The minimum absolute atomic E-state index is 0.558. The van der Waals surface area contributed by atoms with E-state index < -0.39 is 55.1 Å². The van der Waals surface area contributed by atoms with E-state index >= 15 is 0 Å². The zero-order chi connectivity index (χ0) is 18.7. The number of halogens is 7. The van der Waals surface area contributed by atoms with Crippen molar-refractivity contribution >= 4 is 6.16 Å². The van der Waals surface area contributed by atoms with Crippen LogP contribution in [0.4, 0.5) is 35.5 Å². The summed E-state index contributed by atoms with van der Waals surface area (Å²) in [5, 5.41) is 0. The number of hydrogen-bond donors (Lipinski definition) is 0. The molecule has 0 aliphatic rings. The molecule has 0 saturated carbocycles. The second kappa shape index (κ2) is 7.12. The summed E-state index contributed by atoms with van der Waals surface area (Å²) in [6.07, 6.45) is -12.9. The molecule has 0 N–H and O–H groups in total. The van der Waals surface area contributed by atoms with E-state index in [2.05, 4.69) is 9.47 Å². The molecule has 0 spiro atoms. The fraction of sp³-hybridized carbons (Fsp3) is 0.923. The van der Waals surface area contributed by atoms with Crippen LogP contribution in [0.15, 0.2) is 0 Å². The molecule has 0 heterocycles. The van der Waals surface area contributed by atoms with E-state index in [0.717, 1.165) is 6.92 Å². The molecular weight excluding hydrogens is 337 g/mol. The Bertz CT molecular complexity index is 403. The number of alkyl halides is 7. The Kier molecular flexibility index (Phi) is 6.75. The Morgan fingerprint density at radius 2 is 1.52 bits per heavy atom. The van der Waals surface area contributed by atoms with Gasteiger partial charge in [0.2, 0.25) is 0 Å². The lowest BCUT2D eigenvalue weighted by Gasteiger charge is -2.40. The first-order valence-electron chi connectivity index (χ1n) is 6.68. The fourth-order valence-corrected chi connectivity index (χ4v) is 1.62. The van der Waals surface area contributed by atoms with E-state index in [1.54, 1.807) is 0 Å². The number of carbonyl (C=O) groups excluding carboxylic acids is 1. The van der Waals surface area contributed by atoms with Crippen LogP contribution in [0.5, 0.6) is 0 Å². The van der Waals surface area contributed by atoms with Crippen molar-refractivity contribution < 1.29 is 45.0 Å². The molecule has 0 aromatic rings. The Morgan fingerprint density at radius 3 is 1.83 bits per heavy atom. The molecule has 2 atom stereocenters. The Hall–Kier alpha value is -1.22. The van der Waals surface area contributed by atoms with Crippen molar-refractivity contribution in [1.82, 2.24) is 0 Å². The second-order valence-corrected chi connectivity index (χ2v) is 5.94. The van der Waals surface area contributed by atoms with Gasteiger partial charge < -0.3 is 9.47 Å². The predicted molar refractivity (Wildman–Crippen MR) is 66.8 cm³/mol. The predicted octanol–water partition coefficient (Wildman–Crippen LogP) is 4.98. The second-order valence-electron chi connectivity index (χ2n) is 5.94. The van der Waals surface area contributed by atoms with Crippen molar-refractivity contribution in [2.24, 2.45) is 0 Å². The third kappa shape index (κ3) is 5.42. The maximum Gasteiger partial charge on any atom is 0.509 e. The largest absolute Gasteiger partial charge is 0.509 e. The van der Waals surface area contributed by atoms with Crippen LogP contribution in [0.1, 0.15) is 40.5 Å². The first-order chi connectivity index (χ1) is 10.1. The van der Waals surface area contributed by atoms with E-state index in [-0.39, 0.29) is 0 Å². The van der Waals surface area contributed by atoms with Gasteiger partial charge in [-0.1, -0.05) is 6.92 Å². The van der Waals surface area contributed by atoms with Crippen LogP contribution in [-0.4, -0.2) is 42.3 Å². The molecule has 0 aromatic carbocycles. The molecule has 0 aliphatic heterocycles. The summed E-state index contributed by atoms with van der Waals surface area (Å²) >= 11 is 0. The van der Waals surface area contributed by atoms with Crippen molar-refractivity contribution in [3.05, 3.63) is 0 Å². The molecule has 0 fully saturated rings. The molecule has 23 heavy (non-hydrogen) atoms. The summed E-state index contributed by atoms with van der Waals surface area (Å²) in [7, 11) is 0. The van der Waals surface area contributed by atoms with Gasteiger partial charge >= 0.3 is 18.3 Å². The highest BCUT2D eigenvalue weighted by molar-refractivity contribution is 5.61. The zero-order valence-electron chi connectivity index (χ0n) is 13.1. The minimum atomic E-state index is -5.92. The molecule has 0 bridgehead atoms. The highest BCUT2D eigenvalue weighted by Gasteiger charge is 2.73. The number of hydrogen-bond acceptors (Lipinski definition) is 3. The summed E-state index contributed by atoms with van der Waals surface area (Å²) in [6.45, 7) is 2.07. The first kappa shape index (κ1) is 21.8. The van der Waals surface area contributed by atoms with Gasteiger partial charge in [0.15, 0.2) is 6.67 Å². The standard InChI is InChI=1S/C13H19F7O3/c1-5-8(15)6-11(13(18,19)20,12(16,17)7-14)23-9(21)22-10(2,3)4/h8H,5-7H2,1-4H3. The van der Waals surface area contributed by atoms with Crippen molar-refractivity contribution in [2.45, 2.75) is 70.0 Å². The van der Waals surface area contributed by atoms with Gasteiger partial charge in [0.25, 0.3) is 5.60 Å². The first-order valence-corrected chi connectivity index (χ1v) is 6.68. The lowest BCUT2D eigenvalue weighted by atomic mass is 9.88. The maximum absolute atomic E-state index is 13.7. The van der Waals surface area contributed by atoms with Gasteiger partial charge in [0.05, 0.1) is 0 Å². The summed E-state index contributed by atoms with van der Waals surface area (Å²) < 4.78 is 101. The molecule has 0 aromatic heterocycles. The van der Waals surface area contributed by atoms with Gasteiger partial charge in [0.1, 0.15) is 11.8 Å². The quantitative estimate of drug-likeness (QED) is 0.497. The van der Waals surface area contributed by atoms with E-state index in [9.17, 15) is 35.5 Å². The van der Waals surface area contributed by atoms with Crippen LogP contribution < -0.4 is 0 Å². The van der Waals surface area contributed by atoms with Gasteiger partial charge in [-0.25, -0.2) is 13.6 Å². The Morgan fingerprint density at radius 1 is 1.04 bits per heavy atom. The summed E-state index contributed by atoms with van der Waals surface area (Å²) in [5.74, 6) is -5.18. The van der Waals surface area contributed by atoms with E-state index in [1.807, 2.05) is 0 Å². The van der Waals surface area contributed by atoms with Gasteiger partial charge in [-0.05, 0) is 27.2 Å². The molecule has 138 valence electrons. The van der Waals surface area contributed by atoms with Gasteiger partial charge in [-0.15, -0.1) is 0 Å². The SMILES string of the molecule is CCC(F)CC(OC(=O)OC(C)(C)C)(C(F)(F)F)C(F)(F)CF. The Balaban J connectivity index is 5.88. The fourth-order valence-electron chi connectivity index (χ4n) is 1.62. The third-order valence-electron chi connectivity index (χ3n) is 2.82. The topological polar surface area (TPSA) is 35.5 Å². The van der Waals surface area contributed by atoms with E-state index in [1.165, 1.54) is 20.8 Å². The van der Waals surface area contributed by atoms with Gasteiger partial charge in [-0.3, -0.25) is 0 Å². The van der Waals surface area contributed by atoms with Crippen molar-refractivity contribution in [3.63, 3.8) is 0 Å². The minimum Gasteiger partial charge on any atom is -0.429 e. The Labute approximate surface area is 129 Å². The third-order valence-corrected chi connectivity index (χ3v) is 2.82. The molecule has 0 rings (SSSR count). The average molecular weight is 356 g/mol. The molecule has 0 radical (unpaired) electrons. The zero-order valence-corrected chi connectivity index (χ0v) is 13.1. The molecule has 0 aliphatic carbocycles. The van der Waals surface area contributed by atoms with Crippen LogP contribution in [0.2, 0.25) is 0 Å². The van der Waals surface area contributed by atoms with Crippen LogP contribution in [-0.2, 0) is 9.47 Å². The smallest absolute Gasteiger partial charge is 0.429 e. The number of rotatable bonds is 6. The van der Waals surface area contributed by atoms with Crippen LogP contribution >= 0.6 is 0 Å². The lowest BCUT2D eigenvalue weighted by molar-refractivity contribution is -0.341. The van der Waals surface area contributed by atoms with E-state index in [0.29, 0.717) is 0 Å². The van der Waals surface area contributed by atoms with Crippen molar-refractivity contribution in [1.29, 1.82) is 0 Å². The molecule has 0 amide bonds. The van der Waals surface area contributed by atoms with Crippen molar-refractivity contribution in [2.75, 3.05) is 6.67 Å². The normalized spacial score (nSPS) is 17.3. The molecular formula is C13H19F7O3. The summed E-state index contributed by atoms with van der Waals surface area (Å²) in [4.78, 5) is 11.4. The molecule has 3 nitrogen and oxygen atoms in total. The van der Waals surface area contributed by atoms with Gasteiger partial charge in [0, 0.05) is 6.42 Å². The van der Waals surface area contributed by atoms with Gasteiger partial charge in [-0.2, -0.15) is 22.0 Å². The highest BCUT2D eigenvalue weighted by atomic mass is 19.4. The lowest BCUT2D eigenvalue weighted by Crippen LogP contribution is -2.63. The molecule has 10 heteroatoms. The summed E-state index contributed by atoms with van der Waals surface area (Å²) in [5.41, 5.74) is -6.01. The number of carbonyl (C=O) groups is 1. The number of ether oxygens (including phenoxy) is 2.